The Bertz CT molecular complexity index is 420. The quantitative estimate of drug-likeness (QED) is 0.521. The molecule has 0 nitrogen and oxygen atoms in total. The highest BCUT2D eigenvalue weighted by atomic mass is 79.9. The van der Waals surface area contributed by atoms with E-state index in [1.165, 1.54) is 61.6 Å². The summed E-state index contributed by atoms with van der Waals surface area (Å²) in [7, 11) is 0. The van der Waals surface area contributed by atoms with Crippen LogP contribution in [-0.2, 0) is 0 Å². The maximum atomic E-state index is 6.46. The van der Waals surface area contributed by atoms with Crippen molar-refractivity contribution >= 4 is 27.5 Å². The zero-order valence-electron chi connectivity index (χ0n) is 12.0. The molecule has 1 fully saturated rings. The van der Waals surface area contributed by atoms with Crippen LogP contribution in [0.4, 0.5) is 0 Å². The van der Waals surface area contributed by atoms with Gasteiger partial charge in [0, 0.05) is 9.85 Å². The second-order valence-electron chi connectivity index (χ2n) is 5.96. The van der Waals surface area contributed by atoms with Gasteiger partial charge < -0.3 is 0 Å². The van der Waals surface area contributed by atoms with E-state index in [1.807, 2.05) is 0 Å². The van der Waals surface area contributed by atoms with E-state index in [-0.39, 0.29) is 0 Å². The van der Waals surface area contributed by atoms with Gasteiger partial charge in [-0.05, 0) is 55.4 Å². The summed E-state index contributed by atoms with van der Waals surface area (Å²) in [6, 6.07) is 4.39. The molecule has 1 atom stereocenters. The molecule has 19 heavy (non-hydrogen) atoms. The summed E-state index contributed by atoms with van der Waals surface area (Å²) in [4.78, 5) is 0.414. The van der Waals surface area contributed by atoms with E-state index in [0.29, 0.717) is 4.83 Å². The number of hydrogen-bond acceptors (Lipinski definition) is 0. The molecule has 106 valence electrons. The van der Waals surface area contributed by atoms with Gasteiger partial charge in [0.05, 0.1) is 0 Å². The Hall–Kier alpha value is -0.0100. The minimum atomic E-state index is 0.414. The number of hydrogen-bond donors (Lipinski definition) is 0. The predicted molar refractivity (Wildman–Crippen MR) is 88.4 cm³/mol. The monoisotopic (exact) mass is 342 g/mol. The van der Waals surface area contributed by atoms with Gasteiger partial charge in [0.1, 0.15) is 0 Å². The number of halogens is 2. The highest BCUT2D eigenvalue weighted by Gasteiger charge is 2.23. The van der Waals surface area contributed by atoms with Crippen LogP contribution < -0.4 is 0 Å². The van der Waals surface area contributed by atoms with Crippen molar-refractivity contribution < 1.29 is 0 Å². The molecule has 0 N–H and O–H groups in total. The highest BCUT2D eigenvalue weighted by molar-refractivity contribution is 9.09. The number of aryl methyl sites for hydroxylation is 2. The fraction of sp³-hybridized carbons (Fsp3) is 0.647. The zero-order valence-corrected chi connectivity index (χ0v) is 14.4. The summed E-state index contributed by atoms with van der Waals surface area (Å²) < 4.78 is 0. The van der Waals surface area contributed by atoms with E-state index in [9.17, 15) is 0 Å². The van der Waals surface area contributed by atoms with Crippen LogP contribution in [0, 0.1) is 19.8 Å². The normalized spacial score (nSPS) is 19.8. The topological polar surface area (TPSA) is 0 Å². The van der Waals surface area contributed by atoms with Crippen LogP contribution in [0.15, 0.2) is 12.1 Å². The molecule has 1 unspecified atom stereocenters. The molecule has 0 aromatic heterocycles. The van der Waals surface area contributed by atoms with Gasteiger partial charge in [-0.15, -0.1) is 0 Å². The average molecular weight is 344 g/mol. The van der Waals surface area contributed by atoms with E-state index in [1.54, 1.807) is 0 Å². The predicted octanol–water partition coefficient (Wildman–Crippen LogP) is 6.75. The van der Waals surface area contributed by atoms with Crippen molar-refractivity contribution in [2.45, 2.75) is 63.6 Å². The molecule has 1 saturated carbocycles. The average Bonchev–Trinajstić information content (AvgIpc) is 2.32. The first-order chi connectivity index (χ1) is 9.09. The molecular weight excluding hydrogens is 320 g/mol. The molecule has 0 amide bonds. The van der Waals surface area contributed by atoms with Gasteiger partial charge in [-0.1, -0.05) is 65.7 Å². The van der Waals surface area contributed by atoms with Gasteiger partial charge in [0.15, 0.2) is 0 Å². The summed E-state index contributed by atoms with van der Waals surface area (Å²) in [6.45, 7) is 4.30. The number of rotatable bonds is 2. The molecule has 0 saturated heterocycles. The summed E-state index contributed by atoms with van der Waals surface area (Å²) in [5, 5.41) is 0.923. The molecule has 2 rings (SSSR count). The van der Waals surface area contributed by atoms with Crippen molar-refractivity contribution in [1.29, 1.82) is 0 Å². The van der Waals surface area contributed by atoms with Crippen LogP contribution in [0.3, 0.4) is 0 Å². The van der Waals surface area contributed by atoms with Gasteiger partial charge in [-0.2, -0.15) is 0 Å². The third kappa shape index (κ3) is 3.98. The smallest absolute Gasteiger partial charge is 0.0452 e. The molecule has 0 aliphatic heterocycles. The zero-order chi connectivity index (χ0) is 13.8. The minimum absolute atomic E-state index is 0.414. The lowest BCUT2D eigenvalue weighted by atomic mass is 9.86. The van der Waals surface area contributed by atoms with Crippen molar-refractivity contribution in [3.05, 3.63) is 33.8 Å². The SMILES string of the molecule is Cc1cc(Cl)c(C(Br)C2CCCCCCC2)cc1C. The molecule has 1 aromatic carbocycles. The summed E-state index contributed by atoms with van der Waals surface area (Å²) >= 11 is 10.4. The maximum Gasteiger partial charge on any atom is 0.0452 e. The second kappa shape index (κ2) is 7.13. The Morgan fingerprint density at radius 1 is 1.00 bits per heavy atom. The lowest BCUT2D eigenvalue weighted by Gasteiger charge is -2.26. The van der Waals surface area contributed by atoms with Gasteiger partial charge in [-0.25, -0.2) is 0 Å². The second-order valence-corrected chi connectivity index (χ2v) is 7.36. The standard InChI is InChI=1S/C17H24BrCl/c1-12-10-15(16(19)11-13(12)2)17(18)14-8-6-4-3-5-7-9-14/h10-11,14,17H,3-9H2,1-2H3. The summed E-state index contributed by atoms with van der Waals surface area (Å²) in [6.07, 6.45) is 9.63. The van der Waals surface area contributed by atoms with Crippen LogP contribution in [0.1, 0.15) is 66.5 Å². The minimum Gasteiger partial charge on any atom is -0.0840 e. The molecule has 1 aliphatic carbocycles. The first-order valence-corrected chi connectivity index (χ1v) is 8.79. The Labute approximate surface area is 131 Å². The molecule has 2 heteroatoms. The lowest BCUT2D eigenvalue weighted by Crippen LogP contribution is -2.11. The summed E-state index contributed by atoms with van der Waals surface area (Å²) in [5.41, 5.74) is 3.91. The Kier molecular flexibility index (Phi) is 5.77. The van der Waals surface area contributed by atoms with Crippen LogP contribution in [-0.4, -0.2) is 0 Å². The summed E-state index contributed by atoms with van der Waals surface area (Å²) in [5.74, 6) is 0.736. The van der Waals surface area contributed by atoms with E-state index in [4.69, 9.17) is 11.6 Å². The fourth-order valence-electron chi connectivity index (χ4n) is 3.05. The molecule has 0 spiro atoms. The Morgan fingerprint density at radius 3 is 2.16 bits per heavy atom. The van der Waals surface area contributed by atoms with Crippen molar-refractivity contribution in [2.24, 2.45) is 5.92 Å². The van der Waals surface area contributed by atoms with E-state index < -0.39 is 0 Å². The van der Waals surface area contributed by atoms with Crippen LogP contribution in [0.2, 0.25) is 5.02 Å². The Morgan fingerprint density at radius 2 is 1.53 bits per heavy atom. The third-order valence-electron chi connectivity index (χ3n) is 4.47. The lowest BCUT2D eigenvalue weighted by molar-refractivity contribution is 0.374. The van der Waals surface area contributed by atoms with Crippen LogP contribution in [0.5, 0.6) is 0 Å². The van der Waals surface area contributed by atoms with Crippen LogP contribution >= 0.6 is 27.5 Å². The fourth-order valence-corrected chi connectivity index (χ4v) is 4.42. The molecule has 0 bridgehead atoms. The molecule has 1 aromatic rings. The van der Waals surface area contributed by atoms with E-state index in [0.717, 1.165) is 10.9 Å². The third-order valence-corrected chi connectivity index (χ3v) is 6.04. The number of alkyl halides is 1. The number of benzene rings is 1. The van der Waals surface area contributed by atoms with Crippen molar-refractivity contribution in [1.82, 2.24) is 0 Å². The first kappa shape index (κ1) is 15.4. The molecule has 1 aliphatic rings. The first-order valence-electron chi connectivity index (χ1n) is 7.50. The maximum absolute atomic E-state index is 6.46. The van der Waals surface area contributed by atoms with Crippen LogP contribution in [0.25, 0.3) is 0 Å². The molecule has 0 radical (unpaired) electrons. The van der Waals surface area contributed by atoms with Gasteiger partial charge in [0.25, 0.3) is 0 Å². The van der Waals surface area contributed by atoms with Crippen molar-refractivity contribution in [2.75, 3.05) is 0 Å². The van der Waals surface area contributed by atoms with Crippen molar-refractivity contribution in [3.63, 3.8) is 0 Å². The molecular formula is C17H24BrCl. The van der Waals surface area contributed by atoms with Gasteiger partial charge >= 0.3 is 0 Å². The largest absolute Gasteiger partial charge is 0.0840 e. The molecule has 0 heterocycles. The van der Waals surface area contributed by atoms with E-state index in [2.05, 4.69) is 41.9 Å². The Balaban J connectivity index is 2.17. The van der Waals surface area contributed by atoms with Gasteiger partial charge in [0.2, 0.25) is 0 Å². The van der Waals surface area contributed by atoms with Gasteiger partial charge in [-0.3, -0.25) is 0 Å². The highest BCUT2D eigenvalue weighted by Crippen LogP contribution is 2.42. The van der Waals surface area contributed by atoms with Crippen molar-refractivity contribution in [3.8, 4) is 0 Å². The van der Waals surface area contributed by atoms with E-state index >= 15 is 0 Å².